The Morgan fingerprint density at radius 3 is 2.28 bits per heavy atom. The molecule has 1 aliphatic heterocycles. The highest BCUT2D eigenvalue weighted by molar-refractivity contribution is 6.02. The molecule has 186 valence electrons. The summed E-state index contributed by atoms with van der Waals surface area (Å²) in [6.07, 6.45) is 3.61. The number of hydrogen-bond acceptors (Lipinski definition) is 4. The Balaban J connectivity index is 1.26. The van der Waals surface area contributed by atoms with Crippen molar-refractivity contribution in [1.82, 2.24) is 10.3 Å². The zero-order valence-corrected chi connectivity index (χ0v) is 21.0. The smallest absolute Gasteiger partial charge is 0.271 e. The van der Waals surface area contributed by atoms with Crippen LogP contribution in [0.25, 0.3) is 0 Å². The van der Waals surface area contributed by atoms with Gasteiger partial charge in [-0.25, -0.2) is 5.43 Å². The molecule has 0 aromatic heterocycles. The van der Waals surface area contributed by atoms with E-state index in [1.54, 1.807) is 0 Å². The van der Waals surface area contributed by atoms with E-state index in [4.69, 9.17) is 0 Å². The Morgan fingerprint density at radius 1 is 0.861 bits per heavy atom. The molecule has 3 aromatic rings. The van der Waals surface area contributed by atoms with E-state index in [1.807, 2.05) is 55.5 Å². The number of benzene rings is 3. The molecule has 2 N–H and O–H groups in total. The maximum absolute atomic E-state index is 12.6. The third kappa shape index (κ3) is 7.36. The van der Waals surface area contributed by atoms with E-state index >= 15 is 0 Å². The molecule has 2 amide bonds. The van der Waals surface area contributed by atoms with Crippen molar-refractivity contribution in [2.45, 2.75) is 39.7 Å². The van der Waals surface area contributed by atoms with Crippen molar-refractivity contribution in [2.24, 2.45) is 11.0 Å². The molecule has 0 spiro atoms. The van der Waals surface area contributed by atoms with Crippen LogP contribution < -0.4 is 10.7 Å². The number of rotatable bonds is 8. The number of nitrogens with zero attached hydrogens (tertiary/aromatic N) is 2. The van der Waals surface area contributed by atoms with Crippen LogP contribution in [0.2, 0.25) is 0 Å². The zero-order chi connectivity index (χ0) is 25.3. The van der Waals surface area contributed by atoms with Crippen molar-refractivity contribution in [2.75, 3.05) is 18.4 Å². The molecule has 0 atom stereocenters. The standard InChI is InChI=1S/C30H34N4O2/c1-22(28-9-6-10-29(20-28)31-23(2)35)32-33-30(36)27-13-11-26(12-14-27)21-34-17-15-25(16-18-34)19-24-7-4-3-5-8-24/h3-14,20,25H,15-19,21H2,1-2H3,(H,31,35)(H,33,36)/b32-22-. The minimum Gasteiger partial charge on any atom is -0.326 e. The SMILES string of the molecule is CC(=O)Nc1cccc(/C(C)=N\NC(=O)c2ccc(CN3CCC(Cc4ccccc4)CC3)cc2)c1. The number of nitrogens with one attached hydrogen (secondary N) is 2. The number of likely N-dealkylation sites (tertiary alicyclic amines) is 1. The highest BCUT2D eigenvalue weighted by Gasteiger charge is 2.19. The van der Waals surface area contributed by atoms with Crippen LogP contribution in [0.3, 0.4) is 0 Å². The first-order valence-electron chi connectivity index (χ1n) is 12.5. The number of carbonyl (C=O) groups is 2. The molecule has 0 unspecified atom stereocenters. The van der Waals surface area contributed by atoms with E-state index in [-0.39, 0.29) is 11.8 Å². The Kier molecular flexibility index (Phi) is 8.63. The van der Waals surface area contributed by atoms with Crippen LogP contribution in [0.1, 0.15) is 53.7 Å². The van der Waals surface area contributed by atoms with E-state index in [2.05, 4.69) is 51.1 Å². The van der Waals surface area contributed by atoms with E-state index in [0.717, 1.165) is 31.1 Å². The third-order valence-electron chi connectivity index (χ3n) is 6.62. The van der Waals surface area contributed by atoms with E-state index in [9.17, 15) is 9.59 Å². The summed E-state index contributed by atoms with van der Waals surface area (Å²) >= 11 is 0. The van der Waals surface area contributed by atoms with Crippen LogP contribution in [0.15, 0.2) is 84.0 Å². The predicted molar refractivity (Wildman–Crippen MR) is 145 cm³/mol. The van der Waals surface area contributed by atoms with Gasteiger partial charge >= 0.3 is 0 Å². The van der Waals surface area contributed by atoms with Crippen molar-refractivity contribution >= 4 is 23.2 Å². The summed E-state index contributed by atoms with van der Waals surface area (Å²) in [5, 5.41) is 6.99. The summed E-state index contributed by atoms with van der Waals surface area (Å²) < 4.78 is 0. The fourth-order valence-corrected chi connectivity index (χ4v) is 4.60. The van der Waals surface area contributed by atoms with Crippen molar-refractivity contribution in [3.63, 3.8) is 0 Å². The van der Waals surface area contributed by atoms with Gasteiger partial charge in [0.25, 0.3) is 5.91 Å². The van der Waals surface area contributed by atoms with Gasteiger partial charge in [-0.1, -0.05) is 54.6 Å². The Morgan fingerprint density at radius 2 is 1.58 bits per heavy atom. The fraction of sp³-hybridized carbons (Fsp3) is 0.300. The van der Waals surface area contributed by atoms with Crippen molar-refractivity contribution < 1.29 is 9.59 Å². The van der Waals surface area contributed by atoms with Gasteiger partial charge in [0.15, 0.2) is 0 Å². The lowest BCUT2D eigenvalue weighted by Crippen LogP contribution is -2.33. The second-order valence-corrected chi connectivity index (χ2v) is 9.51. The van der Waals surface area contributed by atoms with Crippen LogP contribution in [0.5, 0.6) is 0 Å². The lowest BCUT2D eigenvalue weighted by molar-refractivity contribution is -0.114. The van der Waals surface area contributed by atoms with E-state index in [0.29, 0.717) is 17.0 Å². The molecule has 0 aliphatic carbocycles. The predicted octanol–water partition coefficient (Wildman–Crippen LogP) is 5.25. The summed E-state index contributed by atoms with van der Waals surface area (Å²) in [5.74, 6) is 0.373. The molecule has 6 nitrogen and oxygen atoms in total. The average molecular weight is 483 g/mol. The molecule has 3 aromatic carbocycles. The third-order valence-corrected chi connectivity index (χ3v) is 6.62. The van der Waals surface area contributed by atoms with Crippen LogP contribution >= 0.6 is 0 Å². The van der Waals surface area contributed by atoms with Gasteiger partial charge in [-0.05, 0) is 86.1 Å². The minimum absolute atomic E-state index is 0.133. The fourth-order valence-electron chi connectivity index (χ4n) is 4.60. The normalized spacial score (nSPS) is 14.9. The van der Waals surface area contributed by atoms with Crippen LogP contribution in [0.4, 0.5) is 5.69 Å². The van der Waals surface area contributed by atoms with Gasteiger partial charge in [0.2, 0.25) is 5.91 Å². The van der Waals surface area contributed by atoms with E-state index in [1.165, 1.54) is 37.3 Å². The molecular weight excluding hydrogens is 448 g/mol. The first kappa shape index (κ1) is 25.3. The maximum Gasteiger partial charge on any atom is 0.271 e. The maximum atomic E-state index is 12.6. The lowest BCUT2D eigenvalue weighted by Gasteiger charge is -2.32. The molecule has 0 saturated carbocycles. The van der Waals surface area contributed by atoms with Gasteiger partial charge in [0.05, 0.1) is 5.71 Å². The molecule has 6 heteroatoms. The van der Waals surface area contributed by atoms with Gasteiger partial charge in [0, 0.05) is 24.7 Å². The molecule has 4 rings (SSSR count). The minimum atomic E-state index is -0.249. The van der Waals surface area contributed by atoms with Gasteiger partial charge in [-0.3, -0.25) is 14.5 Å². The monoisotopic (exact) mass is 482 g/mol. The lowest BCUT2D eigenvalue weighted by atomic mass is 9.90. The molecule has 1 aliphatic rings. The molecule has 1 saturated heterocycles. The van der Waals surface area contributed by atoms with Gasteiger partial charge in [0.1, 0.15) is 0 Å². The largest absolute Gasteiger partial charge is 0.326 e. The first-order valence-corrected chi connectivity index (χ1v) is 12.5. The quantitative estimate of drug-likeness (QED) is 0.340. The molecule has 36 heavy (non-hydrogen) atoms. The molecule has 1 fully saturated rings. The van der Waals surface area contributed by atoms with Gasteiger partial charge < -0.3 is 5.32 Å². The topological polar surface area (TPSA) is 73.8 Å². The Hall–Kier alpha value is -3.77. The molecule has 0 radical (unpaired) electrons. The number of hydrogen-bond donors (Lipinski definition) is 2. The van der Waals surface area contributed by atoms with E-state index < -0.39 is 0 Å². The Bertz CT molecular complexity index is 1200. The zero-order valence-electron chi connectivity index (χ0n) is 21.0. The molecule has 0 bridgehead atoms. The van der Waals surface area contributed by atoms with Gasteiger partial charge in [-0.2, -0.15) is 5.10 Å². The summed E-state index contributed by atoms with van der Waals surface area (Å²) in [5.41, 5.74) is 8.02. The second-order valence-electron chi connectivity index (χ2n) is 9.51. The van der Waals surface area contributed by atoms with Gasteiger partial charge in [-0.15, -0.1) is 0 Å². The number of piperidine rings is 1. The van der Waals surface area contributed by atoms with Crippen LogP contribution in [0, 0.1) is 5.92 Å². The van der Waals surface area contributed by atoms with Crippen LogP contribution in [-0.2, 0) is 17.8 Å². The summed E-state index contributed by atoms with van der Waals surface area (Å²) in [7, 11) is 0. The number of anilines is 1. The van der Waals surface area contributed by atoms with Crippen LogP contribution in [-0.4, -0.2) is 35.5 Å². The second kappa shape index (κ2) is 12.3. The first-order chi connectivity index (χ1) is 17.5. The average Bonchev–Trinajstić information content (AvgIpc) is 2.89. The molecule has 1 heterocycles. The summed E-state index contributed by atoms with van der Waals surface area (Å²) in [6.45, 7) is 6.41. The van der Waals surface area contributed by atoms with Crippen molar-refractivity contribution in [3.8, 4) is 0 Å². The number of carbonyl (C=O) groups excluding carboxylic acids is 2. The molecular formula is C30H34N4O2. The summed E-state index contributed by atoms with van der Waals surface area (Å²) in [6, 6.07) is 25.9. The number of amides is 2. The van der Waals surface area contributed by atoms with Crippen molar-refractivity contribution in [3.05, 3.63) is 101 Å². The highest BCUT2D eigenvalue weighted by atomic mass is 16.2. The highest BCUT2D eigenvalue weighted by Crippen LogP contribution is 2.23. The summed E-state index contributed by atoms with van der Waals surface area (Å²) in [4.78, 5) is 26.4. The Labute approximate surface area is 213 Å². The number of hydrazone groups is 1. The van der Waals surface area contributed by atoms with Crippen molar-refractivity contribution in [1.29, 1.82) is 0 Å².